The molecule has 2 heterocycles. The lowest BCUT2D eigenvalue weighted by atomic mass is 9.81. The summed E-state index contributed by atoms with van der Waals surface area (Å²) in [6, 6.07) is 3.71. The molecule has 5 nitrogen and oxygen atoms in total. The molecule has 21 heavy (non-hydrogen) atoms. The Morgan fingerprint density at radius 2 is 2.14 bits per heavy atom. The van der Waals surface area contributed by atoms with Crippen LogP contribution in [0.15, 0.2) is 36.0 Å². The van der Waals surface area contributed by atoms with E-state index in [2.05, 4.69) is 49.5 Å². The molecular formula is C15H23N4OS+. The summed E-state index contributed by atoms with van der Waals surface area (Å²) in [5, 5.41) is 8.37. The zero-order valence-electron chi connectivity index (χ0n) is 13.0. The van der Waals surface area contributed by atoms with Crippen LogP contribution in [0.4, 0.5) is 0 Å². The Hall–Kier alpha value is -1.53. The second-order valence-electron chi connectivity index (χ2n) is 6.70. The van der Waals surface area contributed by atoms with Crippen molar-refractivity contribution in [3.05, 3.63) is 31.0 Å². The summed E-state index contributed by atoms with van der Waals surface area (Å²) in [5.74, 6) is 0. The van der Waals surface area contributed by atoms with Crippen molar-refractivity contribution in [2.75, 3.05) is 0 Å². The van der Waals surface area contributed by atoms with E-state index in [4.69, 9.17) is 0 Å². The minimum Gasteiger partial charge on any atom is -0.262 e. The van der Waals surface area contributed by atoms with Crippen LogP contribution in [0, 0.1) is 5.41 Å². The molecule has 1 atom stereocenters. The first-order chi connectivity index (χ1) is 9.74. The Balaban J connectivity index is 2.19. The number of hydrogen-bond donors (Lipinski definition) is 2. The first-order valence-electron chi connectivity index (χ1n) is 6.93. The number of rotatable bonds is 6. The van der Waals surface area contributed by atoms with Crippen LogP contribution in [0.3, 0.4) is 0 Å². The summed E-state index contributed by atoms with van der Waals surface area (Å²) in [4.78, 5) is 4.15. The number of aromatic amines is 1. The van der Waals surface area contributed by atoms with E-state index < -0.39 is 11.0 Å². The fraction of sp³-hybridized carbons (Fsp3) is 0.467. The van der Waals surface area contributed by atoms with Gasteiger partial charge in [-0.3, -0.25) is 9.82 Å². The van der Waals surface area contributed by atoms with E-state index in [9.17, 15) is 4.21 Å². The first-order valence-corrected chi connectivity index (χ1v) is 8.15. The lowest BCUT2D eigenvalue weighted by molar-refractivity contribution is -0.577. The quantitative estimate of drug-likeness (QED) is 0.801. The molecule has 114 valence electrons. The number of fused-ring (bicyclic) bond motifs is 1. The van der Waals surface area contributed by atoms with Crippen LogP contribution < -0.4 is 4.72 Å². The van der Waals surface area contributed by atoms with Crippen molar-refractivity contribution in [3.63, 3.8) is 0 Å². The van der Waals surface area contributed by atoms with E-state index in [1.54, 1.807) is 6.20 Å². The molecule has 0 bridgehead atoms. The van der Waals surface area contributed by atoms with Gasteiger partial charge in [-0.05, 0) is 31.4 Å². The molecule has 6 heteroatoms. The summed E-state index contributed by atoms with van der Waals surface area (Å²) in [6.45, 7) is 12.3. The summed E-state index contributed by atoms with van der Waals surface area (Å²) in [5.41, 5.74) is 0.419. The third-order valence-corrected chi connectivity index (χ3v) is 4.95. The average Bonchev–Trinajstić information content (AvgIpc) is 2.80. The Morgan fingerprint density at radius 3 is 2.81 bits per heavy atom. The van der Waals surface area contributed by atoms with Crippen molar-refractivity contribution in [1.29, 1.82) is 0 Å². The van der Waals surface area contributed by atoms with Gasteiger partial charge in [-0.15, -0.1) is 6.58 Å². The molecule has 0 aliphatic rings. The Morgan fingerprint density at radius 1 is 1.43 bits per heavy atom. The molecule has 2 aromatic heterocycles. The van der Waals surface area contributed by atoms with Gasteiger partial charge in [0, 0.05) is 12.6 Å². The molecule has 0 saturated carbocycles. The van der Waals surface area contributed by atoms with Gasteiger partial charge in [-0.2, -0.15) is 9.31 Å². The number of hydrogen-bond acceptors (Lipinski definition) is 3. The van der Waals surface area contributed by atoms with E-state index in [0.29, 0.717) is 10.7 Å². The average molecular weight is 307 g/mol. The molecule has 0 aliphatic heterocycles. The highest BCUT2D eigenvalue weighted by atomic mass is 32.2. The van der Waals surface area contributed by atoms with Crippen LogP contribution >= 0.6 is 0 Å². The van der Waals surface area contributed by atoms with Crippen LogP contribution in [0.2, 0.25) is 0 Å². The normalized spacial score (nSPS) is 14.3. The number of aromatic nitrogens is 3. The van der Waals surface area contributed by atoms with Crippen LogP contribution in [0.1, 0.15) is 34.1 Å². The lowest BCUT2D eigenvalue weighted by Crippen LogP contribution is -2.95. The van der Waals surface area contributed by atoms with E-state index in [0.717, 1.165) is 11.8 Å². The van der Waals surface area contributed by atoms with Gasteiger partial charge in [0.2, 0.25) is 0 Å². The highest BCUT2D eigenvalue weighted by Gasteiger charge is 2.33. The van der Waals surface area contributed by atoms with Gasteiger partial charge >= 0.3 is 0 Å². The molecule has 2 rings (SSSR count). The molecule has 0 aliphatic carbocycles. The van der Waals surface area contributed by atoms with Gasteiger partial charge < -0.3 is 0 Å². The number of nitrogens with zero attached hydrogens (tertiary/aromatic N) is 2. The van der Waals surface area contributed by atoms with Crippen molar-refractivity contribution in [2.24, 2.45) is 5.41 Å². The molecule has 0 spiro atoms. The maximum absolute atomic E-state index is 12.6. The summed E-state index contributed by atoms with van der Waals surface area (Å²) in [6.07, 6.45) is 4.50. The fourth-order valence-electron chi connectivity index (χ4n) is 2.62. The predicted octanol–water partition coefficient (Wildman–Crippen LogP) is 1.92. The number of quaternary nitrogens is 1. The van der Waals surface area contributed by atoms with Crippen LogP contribution in [-0.4, -0.2) is 24.9 Å². The zero-order chi connectivity index (χ0) is 15.7. The van der Waals surface area contributed by atoms with E-state index >= 15 is 0 Å². The molecule has 0 saturated heterocycles. The zero-order valence-corrected chi connectivity index (χ0v) is 13.8. The summed E-state index contributed by atoms with van der Waals surface area (Å²) >= 11 is 0. The van der Waals surface area contributed by atoms with Gasteiger partial charge in [0.15, 0.2) is 10.7 Å². The SMILES string of the molecule is C=CC(C)(C)CC(C)(C)[NH2+]S(=O)c1[nH]nc2ncccc12. The van der Waals surface area contributed by atoms with E-state index in [1.807, 2.05) is 22.9 Å². The molecule has 3 N–H and O–H groups in total. The number of H-pyrrole nitrogens is 1. The third-order valence-electron chi connectivity index (χ3n) is 3.39. The van der Waals surface area contributed by atoms with Crippen LogP contribution in [0.25, 0.3) is 11.0 Å². The molecule has 2 aromatic rings. The first kappa shape index (κ1) is 15.9. The maximum atomic E-state index is 12.6. The highest BCUT2D eigenvalue weighted by Crippen LogP contribution is 2.27. The van der Waals surface area contributed by atoms with Crippen molar-refractivity contribution in [2.45, 2.75) is 44.7 Å². The lowest BCUT2D eigenvalue weighted by Gasteiger charge is -2.29. The molecule has 0 aromatic carbocycles. The number of nitrogens with two attached hydrogens (primary N) is 1. The van der Waals surface area contributed by atoms with Crippen molar-refractivity contribution < 1.29 is 8.93 Å². The number of nitrogens with one attached hydrogen (secondary N) is 1. The molecule has 1 unspecified atom stereocenters. The summed E-state index contributed by atoms with van der Waals surface area (Å²) in [7, 11) is -1.25. The summed E-state index contributed by atoms with van der Waals surface area (Å²) < 4.78 is 14.5. The smallest absolute Gasteiger partial charge is 0.256 e. The third kappa shape index (κ3) is 3.77. The van der Waals surface area contributed by atoms with Gasteiger partial charge in [-0.25, -0.2) is 4.98 Å². The van der Waals surface area contributed by atoms with Crippen molar-refractivity contribution >= 4 is 22.0 Å². The van der Waals surface area contributed by atoms with Gasteiger partial charge in [-0.1, -0.05) is 19.9 Å². The molecule has 0 radical (unpaired) electrons. The van der Waals surface area contributed by atoms with Gasteiger partial charge in [0.1, 0.15) is 5.54 Å². The Bertz CT molecular complexity index is 675. The van der Waals surface area contributed by atoms with Gasteiger partial charge in [0.25, 0.3) is 11.0 Å². The molecular weight excluding hydrogens is 284 g/mol. The van der Waals surface area contributed by atoms with Gasteiger partial charge in [0.05, 0.1) is 5.39 Å². The topological polar surface area (TPSA) is 75.2 Å². The minimum atomic E-state index is -1.25. The van der Waals surface area contributed by atoms with E-state index in [-0.39, 0.29) is 11.0 Å². The number of pyridine rings is 1. The minimum absolute atomic E-state index is 0.00179. The predicted molar refractivity (Wildman–Crippen MR) is 84.9 cm³/mol. The monoisotopic (exact) mass is 307 g/mol. The second kappa shape index (κ2) is 5.69. The Labute approximate surface area is 127 Å². The van der Waals surface area contributed by atoms with Crippen molar-refractivity contribution in [1.82, 2.24) is 15.2 Å². The fourth-order valence-corrected chi connectivity index (χ4v) is 3.91. The number of allylic oxidation sites excluding steroid dienone is 1. The molecule has 0 amide bonds. The second-order valence-corrected chi connectivity index (χ2v) is 7.94. The standard InChI is InChI=1S/C15H22N4OS/c1-6-14(2,3)10-15(4,5)19-21(20)13-11-8-7-9-16-12(11)17-18-13/h6-9,19H,1,10H2,2-5H3,(H,16,17,18)/p+1. The maximum Gasteiger partial charge on any atom is 0.256 e. The largest absolute Gasteiger partial charge is 0.262 e. The van der Waals surface area contributed by atoms with E-state index in [1.165, 1.54) is 0 Å². The van der Waals surface area contributed by atoms with Crippen LogP contribution in [-0.2, 0) is 11.0 Å². The van der Waals surface area contributed by atoms with Crippen molar-refractivity contribution in [3.8, 4) is 0 Å². The molecule has 0 fully saturated rings. The Kier molecular flexibility index (Phi) is 4.30. The van der Waals surface area contributed by atoms with Crippen LogP contribution in [0.5, 0.6) is 0 Å². The highest BCUT2D eigenvalue weighted by molar-refractivity contribution is 7.78.